The van der Waals surface area contributed by atoms with Crippen molar-refractivity contribution in [1.29, 1.82) is 5.26 Å². The van der Waals surface area contributed by atoms with Crippen molar-refractivity contribution < 1.29 is 19.4 Å². The predicted molar refractivity (Wildman–Crippen MR) is 91.6 cm³/mol. The Bertz CT molecular complexity index is 680. The van der Waals surface area contributed by atoms with E-state index in [1.165, 1.54) is 7.11 Å². The number of benzene rings is 1. The van der Waals surface area contributed by atoms with Crippen LogP contribution in [0.25, 0.3) is 0 Å². The van der Waals surface area contributed by atoms with Crippen molar-refractivity contribution in [2.45, 2.75) is 31.8 Å². The third-order valence-corrected chi connectivity index (χ3v) is 4.29. The van der Waals surface area contributed by atoms with Crippen LogP contribution in [0.2, 0.25) is 0 Å². The van der Waals surface area contributed by atoms with Gasteiger partial charge in [0.05, 0.1) is 31.0 Å². The largest absolute Gasteiger partial charge is 0.495 e. The van der Waals surface area contributed by atoms with E-state index in [9.17, 15) is 9.59 Å². The first-order chi connectivity index (χ1) is 12.0. The molecule has 1 aliphatic carbocycles. The average molecular weight is 346 g/mol. The molecule has 1 aliphatic rings. The Morgan fingerprint density at radius 2 is 2.16 bits per heavy atom. The molecule has 8 nitrogen and oxygen atoms in total. The van der Waals surface area contributed by atoms with Gasteiger partial charge in [0, 0.05) is 12.1 Å². The summed E-state index contributed by atoms with van der Waals surface area (Å²) < 4.78 is 5.18. The molecule has 0 atom stereocenters. The van der Waals surface area contributed by atoms with Gasteiger partial charge in [-0.2, -0.15) is 5.26 Å². The van der Waals surface area contributed by atoms with Gasteiger partial charge in [-0.3, -0.25) is 9.69 Å². The molecule has 0 heterocycles. The van der Waals surface area contributed by atoms with Gasteiger partial charge in [0.1, 0.15) is 5.75 Å². The van der Waals surface area contributed by atoms with Gasteiger partial charge in [-0.25, -0.2) is 4.79 Å². The molecule has 1 aromatic carbocycles. The number of hydrogen-bond acceptors (Lipinski definition) is 5. The van der Waals surface area contributed by atoms with Gasteiger partial charge in [-0.15, -0.1) is 0 Å². The minimum absolute atomic E-state index is 0.00186. The number of urea groups is 1. The Balaban J connectivity index is 1.86. The quantitative estimate of drug-likeness (QED) is 0.691. The molecule has 0 aliphatic heterocycles. The molecule has 2 rings (SSSR count). The first kappa shape index (κ1) is 18.5. The van der Waals surface area contributed by atoms with Crippen molar-refractivity contribution in [3.05, 3.63) is 23.8 Å². The number of nitrogens with one attached hydrogen (secondary N) is 2. The van der Waals surface area contributed by atoms with Crippen molar-refractivity contribution in [3.63, 3.8) is 0 Å². The fraction of sp³-hybridized carbons (Fsp3) is 0.471. The lowest BCUT2D eigenvalue weighted by molar-refractivity contribution is -0.139. The number of nitrogens with zero attached hydrogens (tertiary/aromatic N) is 2. The summed E-state index contributed by atoms with van der Waals surface area (Å²) in [5, 5.41) is 23.4. The second-order valence-corrected chi connectivity index (χ2v) is 5.90. The minimum Gasteiger partial charge on any atom is -0.495 e. The van der Waals surface area contributed by atoms with Crippen LogP contribution in [0.5, 0.6) is 5.75 Å². The number of ether oxygens (including phenoxy) is 1. The number of carbonyl (C=O) groups excluding carboxylic acids is 1. The first-order valence-corrected chi connectivity index (χ1v) is 8.08. The Morgan fingerprint density at radius 3 is 2.72 bits per heavy atom. The third-order valence-electron chi connectivity index (χ3n) is 4.29. The van der Waals surface area contributed by atoms with Gasteiger partial charge < -0.3 is 20.5 Å². The van der Waals surface area contributed by atoms with Crippen molar-refractivity contribution in [3.8, 4) is 11.8 Å². The van der Waals surface area contributed by atoms with Crippen molar-refractivity contribution in [1.82, 2.24) is 10.2 Å². The van der Waals surface area contributed by atoms with Crippen LogP contribution in [0.3, 0.4) is 0 Å². The summed E-state index contributed by atoms with van der Waals surface area (Å²) in [5.74, 6) is -0.375. The molecule has 1 fully saturated rings. The van der Waals surface area contributed by atoms with E-state index in [0.717, 1.165) is 0 Å². The molecule has 0 unspecified atom stereocenters. The van der Waals surface area contributed by atoms with Gasteiger partial charge in [0.25, 0.3) is 0 Å². The SMILES string of the molecule is CCN(CC(=O)O)C1CC(NC(=O)Nc2cc(C#N)ccc2OC)C1. The van der Waals surface area contributed by atoms with Crippen molar-refractivity contribution in [2.75, 3.05) is 25.5 Å². The first-order valence-electron chi connectivity index (χ1n) is 8.08. The molecule has 134 valence electrons. The minimum atomic E-state index is -0.847. The number of methoxy groups -OCH3 is 1. The van der Waals surface area contributed by atoms with Crippen LogP contribution in [-0.4, -0.2) is 54.3 Å². The highest BCUT2D eigenvalue weighted by Crippen LogP contribution is 2.27. The van der Waals surface area contributed by atoms with Gasteiger partial charge in [-0.1, -0.05) is 6.92 Å². The molecule has 0 spiro atoms. The van der Waals surface area contributed by atoms with Crippen LogP contribution in [0.1, 0.15) is 25.3 Å². The van der Waals surface area contributed by atoms with Gasteiger partial charge in [-0.05, 0) is 37.6 Å². The molecular formula is C17H22N4O4. The van der Waals surface area contributed by atoms with Crippen molar-refractivity contribution >= 4 is 17.7 Å². The maximum Gasteiger partial charge on any atom is 0.319 e. The summed E-state index contributed by atoms with van der Waals surface area (Å²) in [5.41, 5.74) is 0.850. The summed E-state index contributed by atoms with van der Waals surface area (Å²) >= 11 is 0. The lowest BCUT2D eigenvalue weighted by Crippen LogP contribution is -2.55. The number of aliphatic carboxylic acids is 1. The third kappa shape index (κ3) is 4.84. The number of nitriles is 1. The zero-order valence-corrected chi connectivity index (χ0v) is 14.3. The van der Waals surface area contributed by atoms with E-state index in [1.54, 1.807) is 18.2 Å². The summed E-state index contributed by atoms with van der Waals surface area (Å²) in [4.78, 5) is 24.9. The summed E-state index contributed by atoms with van der Waals surface area (Å²) in [6.45, 7) is 2.59. The zero-order valence-electron chi connectivity index (χ0n) is 14.3. The molecule has 8 heteroatoms. The number of likely N-dealkylation sites (N-methyl/N-ethyl adjacent to an activating group) is 1. The molecule has 3 N–H and O–H groups in total. The topological polar surface area (TPSA) is 115 Å². The fourth-order valence-corrected chi connectivity index (χ4v) is 2.90. The number of carboxylic acids is 1. The highest BCUT2D eigenvalue weighted by atomic mass is 16.5. The van der Waals surface area contributed by atoms with E-state index < -0.39 is 5.97 Å². The number of hydrogen-bond donors (Lipinski definition) is 3. The maximum absolute atomic E-state index is 12.1. The van der Waals surface area contributed by atoms with Gasteiger partial charge in [0.2, 0.25) is 0 Å². The second kappa shape index (κ2) is 8.35. The lowest BCUT2D eigenvalue weighted by Gasteiger charge is -2.42. The second-order valence-electron chi connectivity index (χ2n) is 5.90. The van der Waals surface area contributed by atoms with Crippen LogP contribution in [0.15, 0.2) is 18.2 Å². The number of rotatable bonds is 7. The smallest absolute Gasteiger partial charge is 0.319 e. The van der Waals surface area contributed by atoms with Gasteiger partial charge >= 0.3 is 12.0 Å². The normalized spacial score (nSPS) is 18.8. The summed E-state index contributed by atoms with van der Waals surface area (Å²) in [7, 11) is 1.49. The number of amides is 2. The summed E-state index contributed by atoms with van der Waals surface area (Å²) in [6.07, 6.45) is 1.42. The van der Waals surface area contributed by atoms with Crippen LogP contribution in [-0.2, 0) is 4.79 Å². The average Bonchev–Trinajstić information content (AvgIpc) is 2.55. The maximum atomic E-state index is 12.1. The van der Waals surface area contributed by atoms with E-state index in [2.05, 4.69) is 10.6 Å². The molecule has 0 saturated heterocycles. The molecular weight excluding hydrogens is 324 g/mol. The van der Waals surface area contributed by atoms with Crippen molar-refractivity contribution in [2.24, 2.45) is 0 Å². The van der Waals surface area contributed by atoms with E-state index in [1.807, 2.05) is 17.9 Å². The van der Waals surface area contributed by atoms with Gasteiger partial charge in [0.15, 0.2) is 0 Å². The highest BCUT2D eigenvalue weighted by molar-refractivity contribution is 5.91. The van der Waals surface area contributed by atoms with Crippen LogP contribution in [0, 0.1) is 11.3 Å². The van der Waals surface area contributed by atoms with E-state index >= 15 is 0 Å². The Hall–Kier alpha value is -2.79. The monoisotopic (exact) mass is 346 g/mol. The molecule has 0 radical (unpaired) electrons. The lowest BCUT2D eigenvalue weighted by atomic mass is 9.85. The molecule has 1 saturated carbocycles. The number of anilines is 1. The van der Waals surface area contributed by atoms with Crippen LogP contribution < -0.4 is 15.4 Å². The Labute approximate surface area is 146 Å². The molecule has 2 amide bonds. The highest BCUT2D eigenvalue weighted by Gasteiger charge is 2.34. The zero-order chi connectivity index (χ0) is 18.4. The molecule has 0 bridgehead atoms. The van der Waals surface area contributed by atoms with Crippen LogP contribution >= 0.6 is 0 Å². The van der Waals surface area contributed by atoms with E-state index in [-0.39, 0.29) is 24.7 Å². The molecule has 25 heavy (non-hydrogen) atoms. The summed E-state index contributed by atoms with van der Waals surface area (Å²) in [6, 6.07) is 6.59. The standard InChI is InChI=1S/C17H22N4O4/c1-3-21(10-16(22)23)13-7-12(8-13)19-17(24)20-14-6-11(9-18)4-5-15(14)25-2/h4-6,12-13H,3,7-8,10H2,1-2H3,(H,22,23)(H2,19,20,24). The number of carboxylic acid groups (broad SMARTS) is 1. The van der Waals surface area contributed by atoms with E-state index in [4.69, 9.17) is 15.1 Å². The van der Waals surface area contributed by atoms with Crippen LogP contribution in [0.4, 0.5) is 10.5 Å². The predicted octanol–water partition coefficient (Wildman–Crippen LogP) is 1.63. The fourth-order valence-electron chi connectivity index (χ4n) is 2.90. The molecule has 1 aromatic rings. The number of carbonyl (C=O) groups is 2. The Kier molecular flexibility index (Phi) is 6.19. The van der Waals surface area contributed by atoms with E-state index in [0.29, 0.717) is 36.4 Å². The molecule has 0 aromatic heterocycles. The Morgan fingerprint density at radius 1 is 1.44 bits per heavy atom.